The van der Waals surface area contributed by atoms with E-state index in [0.717, 1.165) is 60.5 Å². The molecule has 5 fully saturated rings. The Morgan fingerprint density at radius 2 is 1.80 bits per heavy atom. The van der Waals surface area contributed by atoms with E-state index < -0.39 is 5.79 Å². The molecular formula is C35H49ClO5. The lowest BCUT2D eigenvalue weighted by Crippen LogP contribution is -2.58. The van der Waals surface area contributed by atoms with Gasteiger partial charge in [-0.3, -0.25) is 4.79 Å². The highest BCUT2D eigenvalue weighted by atomic mass is 35.5. The molecule has 0 amide bonds. The van der Waals surface area contributed by atoms with Crippen LogP contribution in [-0.2, 0) is 24.0 Å². The van der Waals surface area contributed by atoms with Gasteiger partial charge in [0.1, 0.15) is 6.10 Å². The summed E-state index contributed by atoms with van der Waals surface area (Å²) in [6.45, 7) is 12.3. The zero-order valence-corrected chi connectivity index (χ0v) is 26.2. The molecule has 0 N–H and O–H groups in total. The lowest BCUT2D eigenvalue weighted by atomic mass is 9.44. The van der Waals surface area contributed by atoms with E-state index in [4.69, 9.17) is 30.8 Å². The van der Waals surface area contributed by atoms with E-state index in [1.165, 1.54) is 45.6 Å². The van der Waals surface area contributed by atoms with Crippen molar-refractivity contribution in [1.82, 2.24) is 0 Å². The minimum Gasteiger partial charge on any atom is -0.469 e. The smallest absolute Gasteiger partial charge is 0.305 e. The minimum absolute atomic E-state index is 0.0695. The lowest BCUT2D eigenvalue weighted by Gasteiger charge is -2.62. The van der Waals surface area contributed by atoms with Crippen LogP contribution in [0.5, 0.6) is 0 Å². The van der Waals surface area contributed by atoms with Gasteiger partial charge in [0, 0.05) is 24.3 Å². The van der Waals surface area contributed by atoms with Crippen LogP contribution in [0.3, 0.4) is 0 Å². The third-order valence-electron chi connectivity index (χ3n) is 12.9. The van der Waals surface area contributed by atoms with Gasteiger partial charge in [-0.25, -0.2) is 9.78 Å². The summed E-state index contributed by atoms with van der Waals surface area (Å²) in [4.78, 5) is 24.0. The first-order valence-corrected chi connectivity index (χ1v) is 16.5. The monoisotopic (exact) mass is 584 g/mol. The Morgan fingerprint density at radius 3 is 2.51 bits per heavy atom. The molecule has 6 heteroatoms. The van der Waals surface area contributed by atoms with E-state index in [9.17, 15) is 4.79 Å². The molecule has 4 aliphatic carbocycles. The number of ether oxygens (including phenoxy) is 2. The molecule has 1 aliphatic heterocycles. The molecule has 5 nitrogen and oxygen atoms in total. The van der Waals surface area contributed by atoms with E-state index in [1.54, 1.807) is 0 Å². The van der Waals surface area contributed by atoms with Crippen LogP contribution in [0.25, 0.3) is 5.57 Å². The minimum atomic E-state index is -0.634. The van der Waals surface area contributed by atoms with Crippen LogP contribution in [-0.4, -0.2) is 31.6 Å². The molecule has 0 aromatic heterocycles. The molecule has 0 bridgehead atoms. The standard InChI is InChI=1S/C35H49ClO5/c1-22(6-15-32(37)38-5)28-13-14-29-27-12-9-25-20-35(19-18-33(25,3)30(27)16-17-34(28,29)4)39-21-31(40-41-35)23(2)24-7-10-26(36)11-8-24/h7-8,10-11,22,25,27-31H,2,6,9,12-21H2,1,3-5H3/t22?,25-,27?,28?,29?,30?,31?,33+,34-,35?/m1/s1. The van der Waals surface area contributed by atoms with E-state index in [0.29, 0.717) is 40.7 Å². The van der Waals surface area contributed by atoms with Gasteiger partial charge < -0.3 is 9.47 Å². The number of esters is 1. The molecule has 41 heavy (non-hydrogen) atoms. The third-order valence-corrected chi connectivity index (χ3v) is 13.1. The van der Waals surface area contributed by atoms with Crippen molar-refractivity contribution >= 4 is 23.1 Å². The van der Waals surface area contributed by atoms with Crippen LogP contribution in [0.4, 0.5) is 0 Å². The van der Waals surface area contributed by atoms with Gasteiger partial charge >= 0.3 is 5.97 Å². The quantitative estimate of drug-likeness (QED) is 0.247. The van der Waals surface area contributed by atoms with Crippen LogP contribution >= 0.6 is 11.6 Å². The summed E-state index contributed by atoms with van der Waals surface area (Å²) < 4.78 is 11.5. The van der Waals surface area contributed by atoms with Gasteiger partial charge in [-0.1, -0.05) is 51.1 Å². The first-order chi connectivity index (χ1) is 19.6. The van der Waals surface area contributed by atoms with Gasteiger partial charge in [0.2, 0.25) is 5.79 Å². The van der Waals surface area contributed by atoms with Crippen molar-refractivity contribution in [3.63, 3.8) is 0 Å². The van der Waals surface area contributed by atoms with E-state index in [2.05, 4.69) is 27.4 Å². The van der Waals surface area contributed by atoms with Crippen LogP contribution in [0.2, 0.25) is 5.02 Å². The predicted octanol–water partition coefficient (Wildman–Crippen LogP) is 8.64. The number of rotatable bonds is 6. The number of fused-ring (bicyclic) bond motifs is 5. The molecule has 7 unspecified atom stereocenters. The highest BCUT2D eigenvalue weighted by molar-refractivity contribution is 6.30. The lowest BCUT2D eigenvalue weighted by molar-refractivity contribution is -0.489. The van der Waals surface area contributed by atoms with Crippen molar-refractivity contribution in [2.75, 3.05) is 13.7 Å². The maximum absolute atomic E-state index is 11.8. The summed E-state index contributed by atoms with van der Waals surface area (Å²) in [5.41, 5.74) is 2.59. The fraction of sp³-hybridized carbons (Fsp3) is 0.743. The molecule has 6 rings (SSSR count). The largest absolute Gasteiger partial charge is 0.469 e. The topological polar surface area (TPSA) is 54.0 Å². The van der Waals surface area contributed by atoms with Crippen LogP contribution in [0, 0.1) is 46.3 Å². The molecule has 1 saturated heterocycles. The van der Waals surface area contributed by atoms with Gasteiger partial charge in [0.15, 0.2) is 0 Å². The van der Waals surface area contributed by atoms with Crippen LogP contribution in [0.15, 0.2) is 30.8 Å². The Kier molecular flexibility index (Phi) is 8.15. The molecular weight excluding hydrogens is 536 g/mol. The molecule has 10 atom stereocenters. The molecule has 1 aromatic carbocycles. The number of methoxy groups -OCH3 is 1. The summed E-state index contributed by atoms with van der Waals surface area (Å²) in [6.07, 6.45) is 12.0. The molecule has 1 aromatic rings. The normalized spacial score (nSPS) is 42.6. The van der Waals surface area contributed by atoms with E-state index >= 15 is 0 Å². The summed E-state index contributed by atoms with van der Waals surface area (Å²) in [7, 11) is 1.50. The maximum Gasteiger partial charge on any atom is 0.305 e. The second-order valence-corrected chi connectivity index (χ2v) is 15.0. The Hall–Kier alpha value is -1.40. The fourth-order valence-electron chi connectivity index (χ4n) is 10.5. The molecule has 0 radical (unpaired) electrons. The Balaban J connectivity index is 1.09. The molecule has 226 valence electrons. The summed E-state index contributed by atoms with van der Waals surface area (Å²) in [6, 6.07) is 7.68. The summed E-state index contributed by atoms with van der Waals surface area (Å²) >= 11 is 6.06. The van der Waals surface area contributed by atoms with Crippen molar-refractivity contribution in [2.45, 2.75) is 103 Å². The number of halogens is 1. The fourth-order valence-corrected chi connectivity index (χ4v) is 10.6. The van der Waals surface area contributed by atoms with Gasteiger partial charge in [0.05, 0.1) is 13.7 Å². The molecule has 5 aliphatic rings. The number of carbonyl (C=O) groups is 1. The summed E-state index contributed by atoms with van der Waals surface area (Å²) in [5.74, 6) is 3.59. The van der Waals surface area contributed by atoms with Gasteiger partial charge in [-0.2, -0.15) is 0 Å². The highest BCUT2D eigenvalue weighted by Gasteiger charge is 2.62. The summed E-state index contributed by atoms with van der Waals surface area (Å²) in [5, 5.41) is 0.707. The van der Waals surface area contributed by atoms with Crippen molar-refractivity contribution in [1.29, 1.82) is 0 Å². The Bertz CT molecular complexity index is 1130. The molecule has 4 saturated carbocycles. The Morgan fingerprint density at radius 1 is 1.05 bits per heavy atom. The predicted molar refractivity (Wildman–Crippen MR) is 161 cm³/mol. The zero-order valence-electron chi connectivity index (χ0n) is 25.5. The van der Waals surface area contributed by atoms with Crippen molar-refractivity contribution in [3.8, 4) is 0 Å². The van der Waals surface area contributed by atoms with Crippen molar-refractivity contribution in [2.24, 2.45) is 46.3 Å². The Labute approximate surface area is 251 Å². The molecule has 1 spiro atoms. The maximum atomic E-state index is 11.8. The zero-order chi connectivity index (χ0) is 29.0. The molecule has 1 heterocycles. The number of hydrogen-bond acceptors (Lipinski definition) is 5. The third kappa shape index (κ3) is 5.21. The van der Waals surface area contributed by atoms with E-state index in [-0.39, 0.29) is 12.1 Å². The highest BCUT2D eigenvalue weighted by Crippen LogP contribution is 2.69. The average Bonchev–Trinajstić information content (AvgIpc) is 3.34. The SMILES string of the molecule is C=C(c1ccc(Cl)cc1)C1COC2(CC[C@]3(C)C4CC[C@]5(C)C(C(C)CCC(=O)OC)CCC5C4CC[C@@H]3C2)OO1. The van der Waals surface area contributed by atoms with Crippen molar-refractivity contribution in [3.05, 3.63) is 41.4 Å². The van der Waals surface area contributed by atoms with Gasteiger partial charge in [-0.05, 0) is 121 Å². The second-order valence-electron chi connectivity index (χ2n) is 14.6. The number of benzene rings is 1. The van der Waals surface area contributed by atoms with Crippen LogP contribution in [0.1, 0.15) is 97.0 Å². The van der Waals surface area contributed by atoms with Gasteiger partial charge in [0.25, 0.3) is 0 Å². The number of carbonyl (C=O) groups excluding carboxylic acids is 1. The van der Waals surface area contributed by atoms with Crippen molar-refractivity contribution < 1.29 is 24.0 Å². The average molecular weight is 585 g/mol. The van der Waals surface area contributed by atoms with Crippen LogP contribution < -0.4 is 0 Å². The first-order valence-electron chi connectivity index (χ1n) is 16.1. The van der Waals surface area contributed by atoms with Gasteiger partial charge in [-0.15, -0.1) is 0 Å². The van der Waals surface area contributed by atoms with E-state index in [1.807, 2.05) is 24.3 Å². The number of hydrogen-bond donors (Lipinski definition) is 0. The second kappa shape index (κ2) is 11.3. The first kappa shape index (κ1) is 29.7.